The van der Waals surface area contributed by atoms with E-state index < -0.39 is 0 Å². The highest BCUT2D eigenvalue weighted by atomic mass is 32.2. The molecule has 2 aromatic rings. The van der Waals surface area contributed by atoms with Gasteiger partial charge in [0.05, 0.1) is 12.6 Å². The Bertz CT molecular complexity index is 617. The highest BCUT2D eigenvalue weighted by Gasteiger charge is 2.26. The van der Waals surface area contributed by atoms with E-state index in [9.17, 15) is 0 Å². The van der Waals surface area contributed by atoms with Gasteiger partial charge >= 0.3 is 0 Å². The number of rotatable bonds is 4. The molecule has 1 heterocycles. The second kappa shape index (κ2) is 6.41. The minimum Gasteiger partial charge on any atom is -0.494 e. The summed E-state index contributed by atoms with van der Waals surface area (Å²) >= 11 is 1.80. The van der Waals surface area contributed by atoms with Crippen LogP contribution in [0.25, 0.3) is 0 Å². The molecule has 1 aliphatic rings. The van der Waals surface area contributed by atoms with Crippen LogP contribution in [0.15, 0.2) is 53.4 Å². The minimum atomic E-state index is -0.161. The van der Waals surface area contributed by atoms with Gasteiger partial charge in [-0.3, -0.25) is 0 Å². The van der Waals surface area contributed by atoms with Crippen LogP contribution in [0.2, 0.25) is 0 Å². The monoisotopic (exact) mass is 301 g/mol. The van der Waals surface area contributed by atoms with Crippen LogP contribution in [-0.2, 0) is 0 Å². The Kier molecular flexibility index (Phi) is 4.36. The summed E-state index contributed by atoms with van der Waals surface area (Å²) in [4.78, 5) is 1.18. The maximum atomic E-state index is 6.40. The summed E-state index contributed by atoms with van der Waals surface area (Å²) in [5.41, 5.74) is 7.45. The molecule has 3 nitrogen and oxygen atoms in total. The molecule has 0 radical (unpaired) electrons. The Labute approximate surface area is 129 Å². The van der Waals surface area contributed by atoms with Gasteiger partial charge in [-0.25, -0.2) is 0 Å². The Morgan fingerprint density at radius 1 is 1.29 bits per heavy atom. The normalized spacial score (nSPS) is 18.5. The van der Waals surface area contributed by atoms with Gasteiger partial charge in [0.1, 0.15) is 17.6 Å². The lowest BCUT2D eigenvalue weighted by molar-refractivity contribution is 0.185. The molecule has 2 atom stereocenters. The molecule has 21 heavy (non-hydrogen) atoms. The van der Waals surface area contributed by atoms with Crippen LogP contribution in [0, 0.1) is 0 Å². The summed E-state index contributed by atoms with van der Waals surface area (Å²) in [6, 6.07) is 15.9. The summed E-state index contributed by atoms with van der Waals surface area (Å²) in [7, 11) is 0. The van der Waals surface area contributed by atoms with Crippen molar-refractivity contribution in [3.63, 3.8) is 0 Å². The van der Waals surface area contributed by atoms with Crippen LogP contribution < -0.4 is 15.2 Å². The summed E-state index contributed by atoms with van der Waals surface area (Å²) in [5.74, 6) is 2.64. The average Bonchev–Trinajstić information content (AvgIpc) is 2.54. The Balaban J connectivity index is 1.77. The zero-order valence-electron chi connectivity index (χ0n) is 12.0. The molecule has 0 fully saturated rings. The van der Waals surface area contributed by atoms with Crippen LogP contribution in [0.4, 0.5) is 0 Å². The SMILES string of the molecule is CCOc1cccc(C(N)C2CSc3ccccc3O2)c1. The number of benzene rings is 2. The van der Waals surface area contributed by atoms with E-state index in [1.54, 1.807) is 11.8 Å². The van der Waals surface area contributed by atoms with E-state index in [0.29, 0.717) is 6.61 Å². The largest absolute Gasteiger partial charge is 0.494 e. The van der Waals surface area contributed by atoms with E-state index in [-0.39, 0.29) is 12.1 Å². The van der Waals surface area contributed by atoms with Crippen LogP contribution in [0.5, 0.6) is 11.5 Å². The fourth-order valence-corrected chi connectivity index (χ4v) is 3.46. The maximum absolute atomic E-state index is 6.40. The highest BCUT2D eigenvalue weighted by Crippen LogP contribution is 2.37. The van der Waals surface area contributed by atoms with Gasteiger partial charge in [0.15, 0.2) is 0 Å². The molecule has 3 rings (SSSR count). The van der Waals surface area contributed by atoms with Crippen molar-refractivity contribution in [2.24, 2.45) is 5.73 Å². The van der Waals surface area contributed by atoms with E-state index in [1.165, 1.54) is 4.90 Å². The highest BCUT2D eigenvalue weighted by molar-refractivity contribution is 7.99. The third kappa shape index (κ3) is 3.17. The lowest BCUT2D eigenvalue weighted by Crippen LogP contribution is -2.35. The lowest BCUT2D eigenvalue weighted by Gasteiger charge is -2.30. The molecule has 110 valence electrons. The Morgan fingerprint density at radius 2 is 2.14 bits per heavy atom. The van der Waals surface area contributed by atoms with Crippen LogP contribution in [0.3, 0.4) is 0 Å². The number of ether oxygens (including phenoxy) is 2. The van der Waals surface area contributed by atoms with Crippen molar-refractivity contribution in [1.29, 1.82) is 0 Å². The third-order valence-electron chi connectivity index (χ3n) is 3.49. The Morgan fingerprint density at radius 3 is 3.00 bits per heavy atom. The molecule has 2 N–H and O–H groups in total. The number of nitrogens with two attached hydrogens (primary N) is 1. The van der Waals surface area contributed by atoms with Crippen LogP contribution >= 0.6 is 11.8 Å². The van der Waals surface area contributed by atoms with Gasteiger partial charge in [-0.15, -0.1) is 11.8 Å². The van der Waals surface area contributed by atoms with Crippen molar-refractivity contribution in [2.75, 3.05) is 12.4 Å². The molecular weight excluding hydrogens is 282 g/mol. The van der Waals surface area contributed by atoms with Crippen molar-refractivity contribution < 1.29 is 9.47 Å². The summed E-state index contributed by atoms with van der Waals surface area (Å²) in [6.07, 6.45) is -0.0261. The molecule has 0 saturated carbocycles. The topological polar surface area (TPSA) is 44.5 Å². The number of fused-ring (bicyclic) bond motifs is 1. The first-order chi connectivity index (χ1) is 10.3. The zero-order valence-corrected chi connectivity index (χ0v) is 12.8. The first kappa shape index (κ1) is 14.3. The van der Waals surface area contributed by atoms with E-state index in [1.807, 2.05) is 49.4 Å². The molecule has 4 heteroatoms. The number of hydrogen-bond donors (Lipinski definition) is 1. The second-order valence-corrected chi connectivity index (χ2v) is 6.01. The van der Waals surface area contributed by atoms with Gasteiger partial charge in [-0.1, -0.05) is 24.3 Å². The van der Waals surface area contributed by atoms with E-state index in [0.717, 1.165) is 22.8 Å². The summed E-state index contributed by atoms with van der Waals surface area (Å²) in [6.45, 7) is 2.63. The van der Waals surface area contributed by atoms with Crippen LogP contribution in [0.1, 0.15) is 18.5 Å². The van der Waals surface area contributed by atoms with Crippen molar-refractivity contribution in [2.45, 2.75) is 24.0 Å². The Hall–Kier alpha value is -1.65. The van der Waals surface area contributed by atoms with Crippen molar-refractivity contribution >= 4 is 11.8 Å². The molecule has 0 aliphatic carbocycles. The predicted octanol–water partition coefficient (Wildman–Crippen LogP) is 3.64. The van der Waals surface area contributed by atoms with E-state index in [2.05, 4.69) is 6.07 Å². The molecule has 2 aromatic carbocycles. The third-order valence-corrected chi connectivity index (χ3v) is 4.63. The van der Waals surface area contributed by atoms with E-state index in [4.69, 9.17) is 15.2 Å². The van der Waals surface area contributed by atoms with Crippen molar-refractivity contribution in [3.05, 3.63) is 54.1 Å². The fourth-order valence-electron chi connectivity index (χ4n) is 2.41. The molecule has 0 bridgehead atoms. The molecular formula is C17H19NO2S. The first-order valence-corrected chi connectivity index (χ1v) is 8.13. The molecule has 1 aliphatic heterocycles. The minimum absolute atomic E-state index is 0.0261. The van der Waals surface area contributed by atoms with Gasteiger partial charge in [0, 0.05) is 10.6 Å². The number of thioether (sulfide) groups is 1. The zero-order chi connectivity index (χ0) is 14.7. The summed E-state index contributed by atoms with van der Waals surface area (Å²) in [5, 5.41) is 0. The van der Waals surface area contributed by atoms with Crippen molar-refractivity contribution in [3.8, 4) is 11.5 Å². The number of hydrogen-bond acceptors (Lipinski definition) is 4. The van der Waals surface area contributed by atoms with Gasteiger partial charge in [0.2, 0.25) is 0 Å². The van der Waals surface area contributed by atoms with Gasteiger partial charge in [0.25, 0.3) is 0 Å². The number of para-hydroxylation sites is 1. The standard InChI is InChI=1S/C17H19NO2S/c1-2-19-13-7-5-6-12(10-13)17(18)15-11-21-16-9-4-3-8-14(16)20-15/h3-10,15,17H,2,11,18H2,1H3. The van der Waals surface area contributed by atoms with Gasteiger partial charge in [-0.05, 0) is 36.8 Å². The molecule has 0 amide bonds. The first-order valence-electron chi connectivity index (χ1n) is 7.14. The molecule has 0 spiro atoms. The quantitative estimate of drug-likeness (QED) is 0.936. The van der Waals surface area contributed by atoms with Crippen LogP contribution in [-0.4, -0.2) is 18.5 Å². The molecule has 0 saturated heterocycles. The fraction of sp³-hybridized carbons (Fsp3) is 0.294. The molecule has 2 unspecified atom stereocenters. The molecule has 0 aromatic heterocycles. The van der Waals surface area contributed by atoms with E-state index >= 15 is 0 Å². The van der Waals surface area contributed by atoms with Gasteiger partial charge in [-0.2, -0.15) is 0 Å². The maximum Gasteiger partial charge on any atom is 0.133 e. The average molecular weight is 301 g/mol. The summed E-state index contributed by atoms with van der Waals surface area (Å²) < 4.78 is 11.6. The smallest absolute Gasteiger partial charge is 0.133 e. The lowest BCUT2D eigenvalue weighted by atomic mass is 10.0. The second-order valence-electron chi connectivity index (χ2n) is 4.95. The van der Waals surface area contributed by atoms with Crippen molar-refractivity contribution in [1.82, 2.24) is 0 Å². The van der Waals surface area contributed by atoms with Gasteiger partial charge < -0.3 is 15.2 Å². The predicted molar refractivity (Wildman–Crippen MR) is 86.1 cm³/mol.